The van der Waals surface area contributed by atoms with Gasteiger partial charge in [-0.25, -0.2) is 8.78 Å². The number of hydrogen-bond acceptors (Lipinski definition) is 2. The van der Waals surface area contributed by atoms with Gasteiger partial charge < -0.3 is 4.31 Å². The number of fused-ring (bicyclic) bond motifs is 1. The van der Waals surface area contributed by atoms with Crippen molar-refractivity contribution in [2.45, 2.75) is 24.7 Å². The highest BCUT2D eigenvalue weighted by atomic mass is 32.2. The maximum atomic E-state index is 14.2. The fraction of sp³-hybridized carbons (Fsp3) is 0.182. The lowest BCUT2D eigenvalue weighted by Crippen LogP contribution is -2.22. The van der Waals surface area contributed by atoms with E-state index in [1.165, 1.54) is 28.2 Å². The number of hydrogen-bond donors (Lipinski definition) is 0. The Morgan fingerprint density at radius 3 is 2.69 bits per heavy atom. The standard InChI is InChI=1S/C22H19F2NS/c1-15-4-2-6-19(12-15)26-25-11-3-5-16-7-8-17(13-22(16)25)20-14-18(23)9-10-21(20)24/h2,4,6-10,12-14H,3,5,11H2,1H3. The number of rotatable bonds is 3. The van der Waals surface area contributed by atoms with E-state index in [2.05, 4.69) is 35.5 Å². The van der Waals surface area contributed by atoms with Crippen LogP contribution in [0.2, 0.25) is 0 Å². The summed E-state index contributed by atoms with van der Waals surface area (Å²) in [4.78, 5) is 1.18. The molecule has 4 rings (SSSR count). The summed E-state index contributed by atoms with van der Waals surface area (Å²) in [5.74, 6) is -0.829. The average molecular weight is 367 g/mol. The van der Waals surface area contributed by atoms with Gasteiger partial charge in [-0.15, -0.1) is 0 Å². The third kappa shape index (κ3) is 3.47. The van der Waals surface area contributed by atoms with Crippen LogP contribution in [0.4, 0.5) is 14.5 Å². The Hall–Kier alpha value is -2.33. The molecule has 0 spiro atoms. The highest BCUT2D eigenvalue weighted by Gasteiger charge is 2.19. The Bertz CT molecular complexity index is 955. The Morgan fingerprint density at radius 2 is 1.85 bits per heavy atom. The van der Waals surface area contributed by atoms with Crippen molar-refractivity contribution in [1.82, 2.24) is 0 Å². The van der Waals surface area contributed by atoms with Crippen molar-refractivity contribution in [1.29, 1.82) is 0 Å². The lowest BCUT2D eigenvalue weighted by atomic mass is 9.97. The topological polar surface area (TPSA) is 3.24 Å². The minimum absolute atomic E-state index is 0.305. The molecule has 3 aromatic rings. The minimum atomic E-state index is -0.426. The van der Waals surface area contributed by atoms with Crippen molar-refractivity contribution in [3.05, 3.63) is 83.4 Å². The second kappa shape index (κ2) is 7.12. The van der Waals surface area contributed by atoms with Gasteiger partial charge in [0.2, 0.25) is 0 Å². The van der Waals surface area contributed by atoms with Crippen molar-refractivity contribution >= 4 is 17.6 Å². The average Bonchev–Trinajstić information content (AvgIpc) is 2.64. The second-order valence-corrected chi connectivity index (χ2v) is 7.68. The number of anilines is 1. The predicted molar refractivity (Wildman–Crippen MR) is 104 cm³/mol. The maximum absolute atomic E-state index is 14.2. The molecule has 0 radical (unpaired) electrons. The first-order valence-corrected chi connectivity index (χ1v) is 9.48. The smallest absolute Gasteiger partial charge is 0.131 e. The number of nitrogens with zero attached hydrogens (tertiary/aromatic N) is 1. The first-order valence-electron chi connectivity index (χ1n) is 8.71. The second-order valence-electron chi connectivity index (χ2n) is 6.58. The van der Waals surface area contributed by atoms with E-state index in [0.717, 1.165) is 31.1 Å². The van der Waals surface area contributed by atoms with Gasteiger partial charge in [0.05, 0.1) is 5.69 Å². The Morgan fingerprint density at radius 1 is 0.962 bits per heavy atom. The van der Waals surface area contributed by atoms with E-state index in [4.69, 9.17) is 0 Å². The van der Waals surface area contributed by atoms with E-state index in [-0.39, 0.29) is 0 Å². The highest BCUT2D eigenvalue weighted by molar-refractivity contribution is 8.00. The van der Waals surface area contributed by atoms with Gasteiger partial charge in [-0.2, -0.15) is 0 Å². The molecule has 1 heterocycles. The lowest BCUT2D eigenvalue weighted by molar-refractivity contribution is 0.603. The van der Waals surface area contributed by atoms with Crippen molar-refractivity contribution < 1.29 is 8.78 Å². The fourth-order valence-electron chi connectivity index (χ4n) is 3.32. The van der Waals surface area contributed by atoms with Crippen LogP contribution in [-0.4, -0.2) is 6.54 Å². The molecule has 1 nitrogen and oxygen atoms in total. The van der Waals surface area contributed by atoms with Crippen molar-refractivity contribution in [2.24, 2.45) is 0 Å². The molecule has 4 heteroatoms. The molecule has 0 unspecified atom stereocenters. The molecule has 1 aliphatic rings. The quantitative estimate of drug-likeness (QED) is 0.493. The van der Waals surface area contributed by atoms with Crippen LogP contribution in [0.15, 0.2) is 65.6 Å². The van der Waals surface area contributed by atoms with Gasteiger partial charge in [0.1, 0.15) is 11.6 Å². The van der Waals surface area contributed by atoms with Crippen LogP contribution in [0.1, 0.15) is 17.5 Å². The Labute approximate surface area is 156 Å². The molecule has 0 atom stereocenters. The molecule has 1 aliphatic heterocycles. The van der Waals surface area contributed by atoms with Crippen molar-refractivity contribution in [3.8, 4) is 11.1 Å². The maximum Gasteiger partial charge on any atom is 0.131 e. The number of aryl methyl sites for hydroxylation is 2. The lowest BCUT2D eigenvalue weighted by Gasteiger charge is -2.30. The summed E-state index contributed by atoms with van der Waals surface area (Å²) in [5.41, 5.74) is 4.57. The first kappa shape index (κ1) is 17.1. The van der Waals surface area contributed by atoms with Crippen molar-refractivity contribution in [3.63, 3.8) is 0 Å². The van der Waals surface area contributed by atoms with E-state index in [9.17, 15) is 8.78 Å². The zero-order chi connectivity index (χ0) is 18.1. The van der Waals surface area contributed by atoms with E-state index >= 15 is 0 Å². The van der Waals surface area contributed by atoms with Crippen LogP contribution < -0.4 is 4.31 Å². The van der Waals surface area contributed by atoms with Crippen LogP contribution in [0, 0.1) is 18.6 Å². The van der Waals surface area contributed by atoms with Gasteiger partial charge in [0.25, 0.3) is 0 Å². The van der Waals surface area contributed by atoms with Gasteiger partial charge in [-0.3, -0.25) is 0 Å². The molecule has 0 saturated heterocycles. The molecule has 0 bridgehead atoms. The van der Waals surface area contributed by atoms with E-state index < -0.39 is 11.6 Å². The Kier molecular flexibility index (Phi) is 4.68. The summed E-state index contributed by atoms with van der Waals surface area (Å²) in [6.45, 7) is 3.01. The van der Waals surface area contributed by atoms with Gasteiger partial charge in [0, 0.05) is 17.0 Å². The first-order chi connectivity index (χ1) is 12.6. The zero-order valence-electron chi connectivity index (χ0n) is 14.5. The van der Waals surface area contributed by atoms with Gasteiger partial charge >= 0.3 is 0 Å². The summed E-state index contributed by atoms with van der Waals surface area (Å²) < 4.78 is 30.0. The number of halogens is 2. The molecule has 0 fully saturated rings. The van der Waals surface area contributed by atoms with E-state index in [1.54, 1.807) is 11.9 Å². The van der Waals surface area contributed by atoms with Gasteiger partial charge in [0.15, 0.2) is 0 Å². The summed E-state index contributed by atoms with van der Waals surface area (Å²) in [6, 6.07) is 17.9. The predicted octanol–water partition coefficient (Wildman–Crippen LogP) is 6.40. The molecule has 3 aromatic carbocycles. The van der Waals surface area contributed by atoms with Crippen LogP contribution in [-0.2, 0) is 6.42 Å². The van der Waals surface area contributed by atoms with Crippen molar-refractivity contribution in [2.75, 3.05) is 10.8 Å². The fourth-order valence-corrected chi connectivity index (χ4v) is 4.44. The summed E-state index contributed by atoms with van der Waals surface area (Å²) in [5, 5.41) is 0. The largest absolute Gasteiger partial charge is 0.312 e. The minimum Gasteiger partial charge on any atom is -0.312 e. The summed E-state index contributed by atoms with van der Waals surface area (Å²) in [6.07, 6.45) is 2.09. The third-order valence-electron chi connectivity index (χ3n) is 4.61. The zero-order valence-corrected chi connectivity index (χ0v) is 15.3. The van der Waals surface area contributed by atoms with Crippen LogP contribution in [0.5, 0.6) is 0 Å². The Balaban J connectivity index is 1.71. The normalized spacial score (nSPS) is 13.6. The SMILES string of the molecule is Cc1cccc(SN2CCCc3ccc(-c4cc(F)ccc4F)cc32)c1. The molecule has 0 N–H and O–H groups in total. The molecule has 0 aliphatic carbocycles. The molecule has 0 aromatic heterocycles. The van der Waals surface area contributed by atoms with Crippen LogP contribution in [0.3, 0.4) is 0 Å². The molecule has 26 heavy (non-hydrogen) atoms. The van der Waals surface area contributed by atoms with Crippen LogP contribution >= 0.6 is 11.9 Å². The molecule has 0 saturated carbocycles. The highest BCUT2D eigenvalue weighted by Crippen LogP contribution is 2.38. The van der Waals surface area contributed by atoms with E-state index in [0.29, 0.717) is 11.1 Å². The van der Waals surface area contributed by atoms with Gasteiger partial charge in [-0.05, 0) is 84.8 Å². The number of benzene rings is 3. The molecular formula is C22H19F2NS. The molecular weight excluding hydrogens is 348 g/mol. The molecule has 132 valence electrons. The summed E-state index contributed by atoms with van der Waals surface area (Å²) >= 11 is 1.70. The monoisotopic (exact) mass is 367 g/mol. The molecule has 0 amide bonds. The van der Waals surface area contributed by atoms with E-state index in [1.807, 2.05) is 18.2 Å². The third-order valence-corrected chi connectivity index (χ3v) is 5.67. The van der Waals surface area contributed by atoms with Gasteiger partial charge in [-0.1, -0.05) is 24.3 Å². The summed E-state index contributed by atoms with van der Waals surface area (Å²) in [7, 11) is 0. The van der Waals surface area contributed by atoms with Crippen LogP contribution in [0.25, 0.3) is 11.1 Å².